The Morgan fingerprint density at radius 3 is 2.64 bits per heavy atom. The normalized spacial score (nSPS) is 14.4. The van der Waals surface area contributed by atoms with Crippen molar-refractivity contribution in [3.8, 4) is 23.3 Å². The second kappa shape index (κ2) is 13.3. The zero-order valence-electron chi connectivity index (χ0n) is 24.4. The van der Waals surface area contributed by atoms with Crippen LogP contribution < -0.4 is 29.1 Å². The van der Waals surface area contributed by atoms with Gasteiger partial charge >= 0.3 is 5.97 Å². The van der Waals surface area contributed by atoms with Gasteiger partial charge < -0.3 is 18.9 Å². The lowest BCUT2D eigenvalue weighted by Crippen LogP contribution is -2.40. The quantitative estimate of drug-likeness (QED) is 0.229. The van der Waals surface area contributed by atoms with Gasteiger partial charge in [-0.2, -0.15) is 5.26 Å². The molecule has 3 aromatic carbocycles. The summed E-state index contributed by atoms with van der Waals surface area (Å²) in [5.41, 5.74) is 2.87. The third-order valence-corrected chi connectivity index (χ3v) is 8.51. The fourth-order valence-corrected chi connectivity index (χ4v) is 6.36. The molecule has 1 atom stereocenters. The van der Waals surface area contributed by atoms with Gasteiger partial charge in [-0.1, -0.05) is 45.5 Å². The standard InChI is InChI=1S/C33H28BrN3O6S/c1-5-42-32(39)29-19(2)36-33-37(30(29)25-12-11-24(40-3)16-27(25)41-4)31(38)28(44-33)15-22-14-23(34)10-13-26(22)43-18-21-9-7-6-8-20(21)17-35/h6-16,30H,5,18H2,1-4H3/b28-15-/t30-/m0/s1. The molecule has 0 bridgehead atoms. The van der Waals surface area contributed by atoms with Gasteiger partial charge in [-0.05, 0) is 56.3 Å². The third kappa shape index (κ3) is 6.04. The average molecular weight is 675 g/mol. The maximum absolute atomic E-state index is 14.2. The Morgan fingerprint density at radius 1 is 1.11 bits per heavy atom. The number of carbonyl (C=O) groups excluding carboxylic acids is 1. The maximum Gasteiger partial charge on any atom is 0.338 e. The van der Waals surface area contributed by atoms with Crippen molar-refractivity contribution in [2.45, 2.75) is 26.5 Å². The number of nitrogens with zero attached hydrogens (tertiary/aromatic N) is 3. The molecule has 2 heterocycles. The van der Waals surface area contributed by atoms with E-state index in [2.05, 4.69) is 27.0 Å². The van der Waals surface area contributed by atoms with E-state index in [1.54, 1.807) is 63.4 Å². The first-order valence-electron chi connectivity index (χ1n) is 13.6. The molecule has 0 saturated heterocycles. The monoisotopic (exact) mass is 673 g/mol. The van der Waals surface area contributed by atoms with E-state index in [-0.39, 0.29) is 24.3 Å². The van der Waals surface area contributed by atoms with Gasteiger partial charge in [0.2, 0.25) is 0 Å². The van der Waals surface area contributed by atoms with Gasteiger partial charge in [-0.3, -0.25) is 9.36 Å². The van der Waals surface area contributed by atoms with E-state index in [1.165, 1.54) is 23.0 Å². The Bertz CT molecular complexity index is 2010. The molecule has 0 saturated carbocycles. The highest BCUT2D eigenvalue weighted by molar-refractivity contribution is 9.10. The van der Waals surface area contributed by atoms with Crippen molar-refractivity contribution in [1.29, 1.82) is 5.26 Å². The van der Waals surface area contributed by atoms with Crippen LogP contribution in [0.4, 0.5) is 0 Å². The minimum atomic E-state index is -0.853. The van der Waals surface area contributed by atoms with Crippen molar-refractivity contribution in [2.75, 3.05) is 20.8 Å². The summed E-state index contributed by atoms with van der Waals surface area (Å²) >= 11 is 4.72. The lowest BCUT2D eigenvalue weighted by molar-refractivity contribution is -0.139. The van der Waals surface area contributed by atoms with Crippen LogP contribution in [0.15, 0.2) is 86.2 Å². The van der Waals surface area contributed by atoms with Crippen molar-refractivity contribution in [2.24, 2.45) is 4.99 Å². The van der Waals surface area contributed by atoms with Crippen LogP contribution in [0.1, 0.15) is 42.1 Å². The number of fused-ring (bicyclic) bond motifs is 1. The van der Waals surface area contributed by atoms with Crippen LogP contribution in [0.2, 0.25) is 0 Å². The molecule has 0 amide bonds. The number of carbonyl (C=O) groups is 1. The predicted octanol–water partition coefficient (Wildman–Crippen LogP) is 5.03. The minimum absolute atomic E-state index is 0.164. The van der Waals surface area contributed by atoms with Crippen molar-refractivity contribution < 1.29 is 23.7 Å². The minimum Gasteiger partial charge on any atom is -0.497 e. The largest absolute Gasteiger partial charge is 0.497 e. The highest BCUT2D eigenvalue weighted by atomic mass is 79.9. The SMILES string of the molecule is CCOC(=O)C1=C(C)N=c2s/c(=C\c3cc(Br)ccc3OCc3ccccc3C#N)c(=O)n2[C@H]1c1ccc(OC)cc1OC. The van der Waals surface area contributed by atoms with E-state index in [1.807, 2.05) is 24.3 Å². The zero-order valence-corrected chi connectivity index (χ0v) is 26.8. The molecule has 5 rings (SSSR count). The average Bonchev–Trinajstić information content (AvgIpc) is 3.33. The molecule has 0 N–H and O–H groups in total. The van der Waals surface area contributed by atoms with Gasteiger partial charge in [0.1, 0.15) is 29.9 Å². The van der Waals surface area contributed by atoms with Crippen LogP contribution in [-0.4, -0.2) is 31.4 Å². The Hall–Kier alpha value is -4.66. The number of esters is 1. The Morgan fingerprint density at radius 2 is 1.91 bits per heavy atom. The first-order valence-corrected chi connectivity index (χ1v) is 15.2. The summed E-state index contributed by atoms with van der Waals surface area (Å²) in [6.07, 6.45) is 1.74. The summed E-state index contributed by atoms with van der Waals surface area (Å²) in [4.78, 5) is 32.5. The predicted molar refractivity (Wildman–Crippen MR) is 170 cm³/mol. The number of hydrogen-bond acceptors (Lipinski definition) is 9. The van der Waals surface area contributed by atoms with E-state index in [4.69, 9.17) is 18.9 Å². The fraction of sp³-hybridized carbons (Fsp3) is 0.212. The van der Waals surface area contributed by atoms with E-state index in [9.17, 15) is 14.9 Å². The maximum atomic E-state index is 14.2. The van der Waals surface area contributed by atoms with Gasteiger partial charge in [0, 0.05) is 27.2 Å². The van der Waals surface area contributed by atoms with E-state index >= 15 is 0 Å². The second-order valence-corrected chi connectivity index (χ2v) is 11.6. The van der Waals surface area contributed by atoms with Gasteiger partial charge in [-0.15, -0.1) is 0 Å². The van der Waals surface area contributed by atoms with Crippen LogP contribution in [0.5, 0.6) is 17.2 Å². The summed E-state index contributed by atoms with van der Waals surface area (Å²) in [5, 5.41) is 9.47. The summed E-state index contributed by atoms with van der Waals surface area (Å²) in [6, 6.07) is 19.3. The van der Waals surface area contributed by atoms with Gasteiger partial charge in [0.25, 0.3) is 5.56 Å². The Kier molecular flexibility index (Phi) is 9.32. The molecule has 9 nitrogen and oxygen atoms in total. The molecular formula is C33H28BrN3O6S. The molecule has 11 heteroatoms. The first kappa shape index (κ1) is 30.8. The van der Waals surface area contributed by atoms with Crippen LogP contribution in [0.3, 0.4) is 0 Å². The third-order valence-electron chi connectivity index (χ3n) is 7.03. The number of benzene rings is 3. The van der Waals surface area contributed by atoms with E-state index in [0.717, 1.165) is 10.0 Å². The highest BCUT2D eigenvalue weighted by Crippen LogP contribution is 2.37. The number of methoxy groups -OCH3 is 2. The highest BCUT2D eigenvalue weighted by Gasteiger charge is 2.35. The van der Waals surface area contributed by atoms with Crippen LogP contribution >= 0.6 is 27.3 Å². The second-order valence-electron chi connectivity index (χ2n) is 9.65. The number of aromatic nitrogens is 1. The van der Waals surface area contributed by atoms with Crippen molar-refractivity contribution in [3.05, 3.63) is 118 Å². The number of hydrogen-bond donors (Lipinski definition) is 0. The van der Waals surface area contributed by atoms with Crippen molar-refractivity contribution in [1.82, 2.24) is 4.57 Å². The lowest BCUT2D eigenvalue weighted by atomic mass is 9.95. The van der Waals surface area contributed by atoms with Crippen LogP contribution in [0.25, 0.3) is 6.08 Å². The number of allylic oxidation sites excluding steroid dienone is 1. The molecule has 0 unspecified atom stereocenters. The topological polar surface area (TPSA) is 112 Å². The van der Waals surface area contributed by atoms with Crippen molar-refractivity contribution in [3.63, 3.8) is 0 Å². The summed E-state index contributed by atoms with van der Waals surface area (Å²) < 4.78 is 25.3. The van der Waals surface area contributed by atoms with E-state index in [0.29, 0.717) is 49.0 Å². The molecule has 224 valence electrons. The molecule has 0 spiro atoms. The number of thiazole rings is 1. The number of halogens is 1. The molecule has 0 radical (unpaired) electrons. The molecule has 0 fully saturated rings. The summed E-state index contributed by atoms with van der Waals surface area (Å²) in [6.45, 7) is 3.79. The molecule has 44 heavy (non-hydrogen) atoms. The van der Waals surface area contributed by atoms with E-state index < -0.39 is 12.0 Å². The summed E-state index contributed by atoms with van der Waals surface area (Å²) in [5.74, 6) is 0.978. The molecule has 1 aliphatic rings. The Balaban J connectivity index is 1.66. The molecule has 1 aromatic heterocycles. The van der Waals surface area contributed by atoms with Gasteiger partial charge in [0.15, 0.2) is 4.80 Å². The van der Waals surface area contributed by atoms with Crippen LogP contribution in [0, 0.1) is 11.3 Å². The number of nitriles is 1. The molecular weight excluding hydrogens is 646 g/mol. The van der Waals surface area contributed by atoms with Gasteiger partial charge in [-0.25, -0.2) is 9.79 Å². The molecule has 0 aliphatic carbocycles. The fourth-order valence-electron chi connectivity index (χ4n) is 4.95. The lowest BCUT2D eigenvalue weighted by Gasteiger charge is -2.26. The number of ether oxygens (including phenoxy) is 4. The molecule has 1 aliphatic heterocycles. The smallest absolute Gasteiger partial charge is 0.338 e. The number of rotatable bonds is 9. The Labute approximate surface area is 266 Å². The first-order chi connectivity index (χ1) is 21.3. The van der Waals surface area contributed by atoms with Crippen LogP contribution in [-0.2, 0) is 16.1 Å². The summed E-state index contributed by atoms with van der Waals surface area (Å²) in [7, 11) is 3.07. The van der Waals surface area contributed by atoms with Crippen molar-refractivity contribution >= 4 is 39.3 Å². The molecule has 4 aromatic rings. The van der Waals surface area contributed by atoms with Gasteiger partial charge in [0.05, 0.1) is 48.3 Å². The zero-order chi connectivity index (χ0) is 31.4.